The third kappa shape index (κ3) is 9.14. The van der Waals surface area contributed by atoms with Crippen LogP contribution in [0.1, 0.15) is 81.5 Å². The molecule has 0 heterocycles. The maximum absolute atomic E-state index is 10.8. The average Bonchev–Trinajstić information content (AvgIpc) is 2.53. The molecule has 124 valence electrons. The fourth-order valence-corrected chi connectivity index (χ4v) is 3.39. The molecule has 0 aliphatic carbocycles. The summed E-state index contributed by atoms with van der Waals surface area (Å²) in [4.78, 5) is 11.9. The van der Waals surface area contributed by atoms with Crippen LogP contribution in [0.2, 0.25) is 0 Å². The molecule has 0 aromatic heterocycles. The summed E-state index contributed by atoms with van der Waals surface area (Å²) in [6.45, 7) is 2.26. The van der Waals surface area contributed by atoms with Crippen molar-refractivity contribution in [1.82, 2.24) is 0 Å². The second-order valence-electron chi connectivity index (χ2n) is 5.86. The van der Waals surface area contributed by atoms with Crippen molar-refractivity contribution in [3.8, 4) is 0 Å². The van der Waals surface area contributed by atoms with Crippen LogP contribution in [-0.2, 0) is 0 Å². The van der Waals surface area contributed by atoms with Crippen molar-refractivity contribution in [2.45, 2.75) is 76.0 Å². The van der Waals surface area contributed by atoms with Crippen LogP contribution in [-0.4, -0.2) is 16.8 Å². The molecule has 1 aromatic rings. The smallest absolute Gasteiger partial charge is 0.335 e. The topological polar surface area (TPSA) is 37.3 Å². The number of aromatic carboxylic acids is 1. The zero-order valence-electron chi connectivity index (χ0n) is 13.9. The van der Waals surface area contributed by atoms with E-state index in [0.717, 1.165) is 5.75 Å². The summed E-state index contributed by atoms with van der Waals surface area (Å²) >= 11 is 1.83. The molecule has 0 amide bonds. The number of carbonyl (C=O) groups is 1. The minimum absolute atomic E-state index is 0.364. The van der Waals surface area contributed by atoms with E-state index in [1.165, 1.54) is 69.1 Å². The first-order valence-corrected chi connectivity index (χ1v) is 9.68. The number of hydrogen-bond acceptors (Lipinski definition) is 2. The normalized spacial score (nSPS) is 10.8. The molecule has 0 spiro atoms. The zero-order valence-corrected chi connectivity index (χ0v) is 14.7. The van der Waals surface area contributed by atoms with Gasteiger partial charge in [-0.05, 0) is 36.4 Å². The Labute approximate surface area is 139 Å². The Morgan fingerprint density at radius 1 is 0.864 bits per heavy atom. The number of hydrogen-bond donors (Lipinski definition) is 1. The molecular formula is C19H30O2S. The first-order valence-electron chi connectivity index (χ1n) is 8.70. The maximum Gasteiger partial charge on any atom is 0.335 e. The quantitative estimate of drug-likeness (QED) is 0.337. The van der Waals surface area contributed by atoms with Crippen molar-refractivity contribution in [3.05, 3.63) is 29.8 Å². The summed E-state index contributed by atoms with van der Waals surface area (Å²) < 4.78 is 0. The van der Waals surface area contributed by atoms with Gasteiger partial charge in [0.1, 0.15) is 0 Å². The maximum atomic E-state index is 10.8. The molecule has 0 fully saturated rings. The second-order valence-corrected chi connectivity index (χ2v) is 7.03. The van der Waals surface area contributed by atoms with Crippen LogP contribution in [0.25, 0.3) is 0 Å². The Bertz CT molecular complexity index is 400. The predicted octanol–water partition coefficient (Wildman–Crippen LogP) is 6.40. The Morgan fingerprint density at radius 2 is 1.36 bits per heavy atom. The van der Waals surface area contributed by atoms with Gasteiger partial charge in [-0.2, -0.15) is 0 Å². The number of carboxylic acids is 1. The average molecular weight is 323 g/mol. The molecule has 0 bridgehead atoms. The van der Waals surface area contributed by atoms with E-state index in [-0.39, 0.29) is 0 Å². The van der Waals surface area contributed by atoms with E-state index in [1.54, 1.807) is 12.1 Å². The summed E-state index contributed by atoms with van der Waals surface area (Å²) in [5, 5.41) is 8.85. The second kappa shape index (κ2) is 12.6. The lowest BCUT2D eigenvalue weighted by Crippen LogP contribution is -1.94. The lowest BCUT2D eigenvalue weighted by molar-refractivity contribution is 0.0697. The molecule has 1 aromatic carbocycles. The molecule has 22 heavy (non-hydrogen) atoms. The molecule has 0 atom stereocenters. The van der Waals surface area contributed by atoms with Crippen LogP contribution in [0, 0.1) is 0 Å². The number of benzene rings is 1. The van der Waals surface area contributed by atoms with Crippen LogP contribution in [0.5, 0.6) is 0 Å². The Kier molecular flexibility index (Phi) is 10.9. The van der Waals surface area contributed by atoms with Gasteiger partial charge in [-0.15, -0.1) is 11.8 Å². The molecule has 1 rings (SSSR count). The van der Waals surface area contributed by atoms with Crippen LogP contribution in [0.15, 0.2) is 29.2 Å². The van der Waals surface area contributed by atoms with Crippen molar-refractivity contribution in [1.29, 1.82) is 0 Å². The van der Waals surface area contributed by atoms with Gasteiger partial charge in [0.15, 0.2) is 0 Å². The van der Waals surface area contributed by atoms with Gasteiger partial charge < -0.3 is 5.11 Å². The van der Waals surface area contributed by atoms with Gasteiger partial charge in [0.05, 0.1) is 5.56 Å². The highest BCUT2D eigenvalue weighted by molar-refractivity contribution is 7.99. The van der Waals surface area contributed by atoms with Gasteiger partial charge in [0.25, 0.3) is 0 Å². The molecule has 0 saturated carbocycles. The molecule has 3 heteroatoms. The van der Waals surface area contributed by atoms with Crippen molar-refractivity contribution in [2.24, 2.45) is 0 Å². The monoisotopic (exact) mass is 322 g/mol. The summed E-state index contributed by atoms with van der Waals surface area (Å²) in [6, 6.07) is 7.18. The van der Waals surface area contributed by atoms with Gasteiger partial charge in [0, 0.05) is 4.90 Å². The van der Waals surface area contributed by atoms with Crippen LogP contribution < -0.4 is 0 Å². The molecule has 1 N–H and O–H groups in total. The zero-order chi connectivity index (χ0) is 16.0. The first-order chi connectivity index (χ1) is 10.7. The van der Waals surface area contributed by atoms with E-state index in [9.17, 15) is 4.79 Å². The summed E-state index contributed by atoms with van der Waals surface area (Å²) in [6.07, 6.45) is 13.6. The molecule has 2 nitrogen and oxygen atoms in total. The van der Waals surface area contributed by atoms with E-state index >= 15 is 0 Å². The van der Waals surface area contributed by atoms with Crippen molar-refractivity contribution >= 4 is 17.7 Å². The number of thioether (sulfide) groups is 1. The van der Waals surface area contributed by atoms with E-state index in [4.69, 9.17) is 5.11 Å². The SMILES string of the molecule is CCCCCCCCCCCCSc1ccc(C(=O)O)cc1. The van der Waals surface area contributed by atoms with Crippen molar-refractivity contribution < 1.29 is 9.90 Å². The van der Waals surface area contributed by atoms with Crippen molar-refractivity contribution in [3.63, 3.8) is 0 Å². The highest BCUT2D eigenvalue weighted by Gasteiger charge is 2.01. The van der Waals surface area contributed by atoms with Crippen LogP contribution in [0.4, 0.5) is 0 Å². The lowest BCUT2D eigenvalue weighted by Gasteiger charge is -2.03. The van der Waals surface area contributed by atoms with E-state index in [1.807, 2.05) is 23.9 Å². The lowest BCUT2D eigenvalue weighted by atomic mass is 10.1. The van der Waals surface area contributed by atoms with Gasteiger partial charge in [0.2, 0.25) is 0 Å². The number of unbranched alkanes of at least 4 members (excludes halogenated alkanes) is 9. The largest absolute Gasteiger partial charge is 0.478 e. The molecule has 0 saturated heterocycles. The van der Waals surface area contributed by atoms with E-state index < -0.39 is 5.97 Å². The Hall–Kier alpha value is -0.960. The number of carboxylic acid groups (broad SMARTS) is 1. The molecule has 0 radical (unpaired) electrons. The van der Waals surface area contributed by atoms with E-state index in [0.29, 0.717) is 5.56 Å². The molecule has 0 aliphatic heterocycles. The summed E-state index contributed by atoms with van der Waals surface area (Å²) in [5.41, 5.74) is 0.364. The van der Waals surface area contributed by atoms with Gasteiger partial charge in [-0.3, -0.25) is 0 Å². The molecular weight excluding hydrogens is 292 g/mol. The van der Waals surface area contributed by atoms with Gasteiger partial charge in [-0.25, -0.2) is 4.79 Å². The first kappa shape index (κ1) is 19.1. The van der Waals surface area contributed by atoms with Crippen LogP contribution in [0.3, 0.4) is 0 Å². The summed E-state index contributed by atoms with van der Waals surface area (Å²) in [5.74, 6) is 0.273. The fraction of sp³-hybridized carbons (Fsp3) is 0.632. The minimum atomic E-state index is -0.855. The van der Waals surface area contributed by atoms with E-state index in [2.05, 4.69) is 6.92 Å². The molecule has 0 aliphatic rings. The summed E-state index contributed by atoms with van der Waals surface area (Å²) in [7, 11) is 0. The van der Waals surface area contributed by atoms with Crippen molar-refractivity contribution in [2.75, 3.05) is 5.75 Å². The highest BCUT2D eigenvalue weighted by Crippen LogP contribution is 2.20. The van der Waals surface area contributed by atoms with Crippen LogP contribution >= 0.6 is 11.8 Å². The predicted molar refractivity (Wildman–Crippen MR) is 96.0 cm³/mol. The third-order valence-corrected chi connectivity index (χ3v) is 4.97. The highest BCUT2D eigenvalue weighted by atomic mass is 32.2. The number of rotatable bonds is 13. The van der Waals surface area contributed by atoms with Gasteiger partial charge in [-0.1, -0.05) is 64.7 Å². The van der Waals surface area contributed by atoms with Gasteiger partial charge >= 0.3 is 5.97 Å². The fourth-order valence-electron chi connectivity index (χ4n) is 2.47. The third-order valence-electron chi connectivity index (χ3n) is 3.87. The Morgan fingerprint density at radius 3 is 1.86 bits per heavy atom. The molecule has 0 unspecified atom stereocenters. The standard InChI is InChI=1S/C19H30O2S/c1-2-3-4-5-6-7-8-9-10-11-16-22-18-14-12-17(13-15-18)19(20)21/h12-15H,2-11,16H2,1H3,(H,20,21). The minimum Gasteiger partial charge on any atom is -0.478 e. The Balaban J connectivity index is 1.94.